The number of hydrogen-bond acceptors (Lipinski definition) is 5. The molecular formula is C22H18F6N4O3S. The minimum absolute atomic E-state index is 0.0219. The van der Waals surface area contributed by atoms with Crippen LogP contribution in [0.4, 0.5) is 26.3 Å². The van der Waals surface area contributed by atoms with Crippen molar-refractivity contribution in [2.24, 2.45) is 0 Å². The van der Waals surface area contributed by atoms with Crippen LogP contribution in [0.3, 0.4) is 0 Å². The van der Waals surface area contributed by atoms with E-state index in [9.17, 15) is 40.0 Å². The molecule has 0 unspecified atom stereocenters. The standard InChI is InChI=1S/C22H18F6N4O3S/c1-11(22(26,27)28)31-36(33,34)13-5-6-17(30-10-13)20-15(9-29)14-7-16(23)19(35-21(24)25)8-18(14)32(20)12-3-2-4-12/h5-8,10-12,21,31H,2-4H2,1H3/t11-/m0/s1. The number of nitrogens with zero attached hydrogens (tertiary/aromatic N) is 3. The van der Waals surface area contributed by atoms with Gasteiger partial charge >= 0.3 is 12.8 Å². The van der Waals surface area contributed by atoms with Gasteiger partial charge < -0.3 is 9.30 Å². The van der Waals surface area contributed by atoms with Crippen LogP contribution >= 0.6 is 0 Å². The Morgan fingerprint density at radius 1 is 1.25 bits per heavy atom. The normalized spacial score (nSPS) is 15.6. The molecule has 1 fully saturated rings. The molecule has 0 saturated heterocycles. The lowest BCUT2D eigenvalue weighted by atomic mass is 9.92. The molecule has 2 aromatic heterocycles. The van der Waals surface area contributed by atoms with Crippen molar-refractivity contribution in [3.63, 3.8) is 0 Å². The van der Waals surface area contributed by atoms with Crippen LogP contribution in [-0.2, 0) is 10.0 Å². The SMILES string of the molecule is C[C@H](NS(=O)(=O)c1ccc(-c2c(C#N)c3cc(F)c(OC(F)F)cc3n2C2CCC2)nc1)C(F)(F)F. The average molecular weight is 532 g/mol. The fraction of sp³-hybridized carbons (Fsp3) is 0.364. The number of sulfonamides is 1. The van der Waals surface area contributed by atoms with Gasteiger partial charge in [-0.25, -0.2) is 12.8 Å². The summed E-state index contributed by atoms with van der Waals surface area (Å²) in [5, 5.41) is 9.97. The average Bonchev–Trinajstić information content (AvgIpc) is 3.04. The second kappa shape index (κ2) is 9.29. The number of pyridine rings is 1. The maximum absolute atomic E-state index is 14.5. The second-order valence-electron chi connectivity index (χ2n) is 8.23. The Kier molecular flexibility index (Phi) is 6.65. The molecule has 1 saturated carbocycles. The third-order valence-electron chi connectivity index (χ3n) is 5.94. The van der Waals surface area contributed by atoms with Crippen molar-refractivity contribution in [3.8, 4) is 23.2 Å². The summed E-state index contributed by atoms with van der Waals surface area (Å²) in [7, 11) is -4.57. The first kappa shape index (κ1) is 25.8. The van der Waals surface area contributed by atoms with Crippen molar-refractivity contribution in [2.75, 3.05) is 0 Å². The van der Waals surface area contributed by atoms with Gasteiger partial charge in [-0.15, -0.1) is 0 Å². The van der Waals surface area contributed by atoms with Crippen molar-refractivity contribution in [1.29, 1.82) is 5.26 Å². The van der Waals surface area contributed by atoms with E-state index in [1.54, 1.807) is 4.57 Å². The zero-order chi connectivity index (χ0) is 26.4. The predicted octanol–water partition coefficient (Wildman–Crippen LogP) is 5.27. The van der Waals surface area contributed by atoms with Gasteiger partial charge in [-0.1, -0.05) is 0 Å². The Hall–Kier alpha value is -3.31. The molecule has 1 aromatic carbocycles. The lowest BCUT2D eigenvalue weighted by molar-refractivity contribution is -0.147. The largest absolute Gasteiger partial charge is 0.432 e. The van der Waals surface area contributed by atoms with Gasteiger partial charge in [-0.05, 0) is 44.4 Å². The molecule has 1 aliphatic carbocycles. The molecule has 4 rings (SSSR count). The second-order valence-corrected chi connectivity index (χ2v) is 9.95. The van der Waals surface area contributed by atoms with Crippen molar-refractivity contribution in [2.45, 2.75) is 56.0 Å². The van der Waals surface area contributed by atoms with Crippen molar-refractivity contribution < 1.29 is 39.5 Å². The molecular weight excluding hydrogens is 514 g/mol. The maximum Gasteiger partial charge on any atom is 0.404 e. The number of alkyl halides is 5. The van der Waals surface area contributed by atoms with E-state index in [-0.39, 0.29) is 33.9 Å². The van der Waals surface area contributed by atoms with E-state index in [0.717, 1.165) is 30.8 Å². The van der Waals surface area contributed by atoms with Gasteiger partial charge in [0.15, 0.2) is 11.6 Å². The molecule has 0 bridgehead atoms. The van der Waals surface area contributed by atoms with Gasteiger partial charge in [0.2, 0.25) is 10.0 Å². The topological polar surface area (TPSA) is 97.0 Å². The summed E-state index contributed by atoms with van der Waals surface area (Å²) >= 11 is 0. The van der Waals surface area contributed by atoms with E-state index in [2.05, 4.69) is 9.72 Å². The van der Waals surface area contributed by atoms with Crippen LogP contribution in [0.1, 0.15) is 37.8 Å². The molecule has 0 radical (unpaired) electrons. The van der Waals surface area contributed by atoms with Crippen molar-refractivity contribution in [3.05, 3.63) is 41.8 Å². The van der Waals surface area contributed by atoms with Crippen LogP contribution in [0.5, 0.6) is 5.75 Å². The first-order chi connectivity index (χ1) is 16.8. The number of nitrogens with one attached hydrogen (secondary N) is 1. The quantitative estimate of drug-likeness (QED) is 0.418. The van der Waals surface area contributed by atoms with Crippen LogP contribution in [-0.4, -0.2) is 36.8 Å². The van der Waals surface area contributed by atoms with Crippen LogP contribution < -0.4 is 9.46 Å². The van der Waals surface area contributed by atoms with Crippen LogP contribution in [0.15, 0.2) is 35.4 Å². The Bertz CT molecular complexity index is 1440. The highest BCUT2D eigenvalue weighted by atomic mass is 32.2. The van der Waals surface area contributed by atoms with E-state index in [1.807, 2.05) is 6.07 Å². The van der Waals surface area contributed by atoms with Gasteiger partial charge in [0.1, 0.15) is 17.0 Å². The monoisotopic (exact) mass is 532 g/mol. The Morgan fingerprint density at radius 3 is 2.44 bits per heavy atom. The number of rotatable bonds is 7. The molecule has 3 aromatic rings. The van der Waals surface area contributed by atoms with Gasteiger partial charge in [-0.3, -0.25) is 4.98 Å². The number of halogens is 6. The third-order valence-corrected chi connectivity index (χ3v) is 7.46. The highest BCUT2D eigenvalue weighted by Crippen LogP contribution is 2.43. The van der Waals surface area contributed by atoms with Gasteiger partial charge in [0.05, 0.1) is 22.5 Å². The Labute approximate surface area is 201 Å². The van der Waals surface area contributed by atoms with Gasteiger partial charge in [0.25, 0.3) is 0 Å². The van der Waals surface area contributed by atoms with E-state index in [1.165, 1.54) is 10.8 Å². The molecule has 1 N–H and O–H groups in total. The zero-order valence-electron chi connectivity index (χ0n) is 18.5. The lowest BCUT2D eigenvalue weighted by Crippen LogP contribution is -2.42. The molecule has 0 spiro atoms. The summed E-state index contributed by atoms with van der Waals surface area (Å²) in [4.78, 5) is 3.53. The molecule has 0 aliphatic heterocycles. The number of benzene rings is 1. The highest BCUT2D eigenvalue weighted by Gasteiger charge is 2.39. The molecule has 1 aliphatic rings. The fourth-order valence-electron chi connectivity index (χ4n) is 3.93. The van der Waals surface area contributed by atoms with E-state index < -0.39 is 45.3 Å². The summed E-state index contributed by atoms with van der Waals surface area (Å²) in [5.41, 5.74) is 0.523. The molecule has 14 heteroatoms. The third kappa shape index (κ3) is 4.72. The molecule has 0 amide bonds. The molecule has 36 heavy (non-hydrogen) atoms. The number of nitriles is 1. The Morgan fingerprint density at radius 2 is 1.94 bits per heavy atom. The summed E-state index contributed by atoms with van der Waals surface area (Å²) in [5.74, 6) is -1.80. The smallest absolute Gasteiger partial charge is 0.404 e. The first-order valence-electron chi connectivity index (χ1n) is 10.6. The molecule has 1 atom stereocenters. The molecule has 2 heterocycles. The summed E-state index contributed by atoms with van der Waals surface area (Å²) in [6.45, 7) is -2.62. The fourth-order valence-corrected chi connectivity index (χ4v) is 5.11. The minimum Gasteiger partial charge on any atom is -0.432 e. The van der Waals surface area contributed by atoms with Gasteiger partial charge in [-0.2, -0.15) is 31.9 Å². The number of hydrogen-bond donors (Lipinski definition) is 1. The zero-order valence-corrected chi connectivity index (χ0v) is 19.3. The van der Waals surface area contributed by atoms with E-state index >= 15 is 0 Å². The lowest BCUT2D eigenvalue weighted by Gasteiger charge is -2.30. The van der Waals surface area contributed by atoms with E-state index in [0.29, 0.717) is 19.8 Å². The number of ether oxygens (including phenoxy) is 1. The van der Waals surface area contributed by atoms with Crippen molar-refractivity contribution >= 4 is 20.9 Å². The van der Waals surface area contributed by atoms with E-state index in [4.69, 9.17) is 0 Å². The summed E-state index contributed by atoms with van der Waals surface area (Å²) < 4.78 is 111. The Balaban J connectivity index is 1.83. The van der Waals surface area contributed by atoms with Crippen LogP contribution in [0, 0.1) is 17.1 Å². The number of fused-ring (bicyclic) bond motifs is 1. The van der Waals surface area contributed by atoms with Crippen molar-refractivity contribution in [1.82, 2.24) is 14.3 Å². The van der Waals surface area contributed by atoms with Gasteiger partial charge in [0, 0.05) is 23.7 Å². The summed E-state index contributed by atoms with van der Waals surface area (Å²) in [6, 6.07) is 3.67. The first-order valence-corrected chi connectivity index (χ1v) is 12.1. The number of aromatic nitrogens is 2. The van der Waals surface area contributed by atoms with Crippen LogP contribution in [0.2, 0.25) is 0 Å². The summed E-state index contributed by atoms with van der Waals surface area (Å²) in [6.07, 6.45) is -1.75. The highest BCUT2D eigenvalue weighted by molar-refractivity contribution is 7.89. The maximum atomic E-state index is 14.5. The minimum atomic E-state index is -4.80. The predicted molar refractivity (Wildman–Crippen MR) is 115 cm³/mol. The molecule has 7 nitrogen and oxygen atoms in total. The molecule has 192 valence electrons. The van der Waals surface area contributed by atoms with Crippen LogP contribution in [0.25, 0.3) is 22.3 Å².